The summed E-state index contributed by atoms with van der Waals surface area (Å²) in [6.07, 6.45) is 1.75. The summed E-state index contributed by atoms with van der Waals surface area (Å²) in [5.41, 5.74) is -2.01. The van der Waals surface area contributed by atoms with Crippen molar-refractivity contribution in [1.29, 1.82) is 0 Å². The molecule has 4 rings (SSSR count). The van der Waals surface area contributed by atoms with E-state index in [1.807, 2.05) is 41.5 Å². The van der Waals surface area contributed by atoms with Crippen molar-refractivity contribution in [3.8, 4) is 0 Å². The molecule has 4 aliphatic rings. The Kier molecular flexibility index (Phi) is 6.56. The lowest BCUT2D eigenvalue weighted by molar-refractivity contribution is -0.145. The largest absolute Gasteiger partial charge is 0.478 e. The maximum absolute atomic E-state index is 14.0. The van der Waals surface area contributed by atoms with Crippen LogP contribution < -0.4 is 0 Å². The number of aliphatic hydroxyl groups excluding tert-OH is 2. The van der Waals surface area contributed by atoms with Crippen molar-refractivity contribution in [3.63, 3.8) is 0 Å². The smallest absolute Gasteiger partial charge is 0.331 e. The number of carbonyl (C=O) groups excluding carboxylic acids is 3. The van der Waals surface area contributed by atoms with E-state index in [1.54, 1.807) is 0 Å². The van der Waals surface area contributed by atoms with Gasteiger partial charge in [-0.3, -0.25) is 14.4 Å². The molecule has 4 aliphatic carbocycles. The van der Waals surface area contributed by atoms with Crippen molar-refractivity contribution < 1.29 is 34.5 Å². The van der Waals surface area contributed by atoms with Gasteiger partial charge in [0, 0.05) is 41.4 Å². The Hall–Kier alpha value is -2.12. The molecule has 0 heterocycles. The van der Waals surface area contributed by atoms with Crippen molar-refractivity contribution in [1.82, 2.24) is 0 Å². The molecule has 0 aromatic carbocycles. The summed E-state index contributed by atoms with van der Waals surface area (Å²) in [5, 5.41) is 30.4. The summed E-state index contributed by atoms with van der Waals surface area (Å²) in [4.78, 5) is 53.0. The molecule has 2 saturated carbocycles. The Morgan fingerprint density at radius 3 is 2.27 bits per heavy atom. The van der Waals surface area contributed by atoms with Gasteiger partial charge in [0.25, 0.3) is 0 Å². The highest BCUT2D eigenvalue weighted by atomic mass is 16.4. The molecular formula is C30H42O7. The van der Waals surface area contributed by atoms with E-state index in [2.05, 4.69) is 0 Å². The van der Waals surface area contributed by atoms with Gasteiger partial charge in [0.1, 0.15) is 5.78 Å². The summed E-state index contributed by atoms with van der Waals surface area (Å²) in [5.74, 6) is -1.95. The van der Waals surface area contributed by atoms with Crippen LogP contribution in [0, 0.1) is 39.4 Å². The van der Waals surface area contributed by atoms with E-state index in [4.69, 9.17) is 5.11 Å². The van der Waals surface area contributed by atoms with Gasteiger partial charge in [0.15, 0.2) is 11.6 Å². The summed E-state index contributed by atoms with van der Waals surface area (Å²) < 4.78 is 0. The molecule has 204 valence electrons. The summed E-state index contributed by atoms with van der Waals surface area (Å²) >= 11 is 0. The van der Waals surface area contributed by atoms with Gasteiger partial charge in [-0.15, -0.1) is 0 Å². The zero-order valence-corrected chi connectivity index (χ0v) is 23.2. The Labute approximate surface area is 219 Å². The second kappa shape index (κ2) is 8.70. The first kappa shape index (κ1) is 27.9. The molecule has 37 heavy (non-hydrogen) atoms. The zero-order chi connectivity index (χ0) is 27.9. The van der Waals surface area contributed by atoms with Crippen LogP contribution in [0.3, 0.4) is 0 Å². The second-order valence-corrected chi connectivity index (χ2v) is 13.5. The first-order valence-electron chi connectivity index (χ1n) is 13.6. The third kappa shape index (κ3) is 3.75. The summed E-state index contributed by atoms with van der Waals surface area (Å²) in [6.45, 7) is 13.1. The molecule has 5 unspecified atom stereocenters. The monoisotopic (exact) mass is 514 g/mol. The molecule has 2 fully saturated rings. The molecule has 0 amide bonds. The van der Waals surface area contributed by atoms with Crippen molar-refractivity contribution >= 4 is 23.3 Å². The number of Topliss-reactive ketones (excluding diaryl/α,β-unsaturated/α-hetero) is 3. The predicted molar refractivity (Wildman–Crippen MR) is 137 cm³/mol. The second-order valence-electron chi connectivity index (χ2n) is 13.5. The van der Waals surface area contributed by atoms with Crippen LogP contribution in [-0.2, 0) is 19.2 Å². The Bertz CT molecular complexity index is 1130. The van der Waals surface area contributed by atoms with Gasteiger partial charge in [-0.1, -0.05) is 34.6 Å². The van der Waals surface area contributed by atoms with E-state index in [0.29, 0.717) is 24.0 Å². The number of allylic oxidation sites excluding steroid dienone is 2. The lowest BCUT2D eigenvalue weighted by atomic mass is 9.42. The number of rotatable bonds is 5. The quantitative estimate of drug-likeness (QED) is 0.472. The maximum atomic E-state index is 14.0. The topological polar surface area (TPSA) is 129 Å². The van der Waals surface area contributed by atoms with Gasteiger partial charge in [-0.2, -0.15) is 0 Å². The van der Waals surface area contributed by atoms with Crippen molar-refractivity contribution in [2.24, 2.45) is 39.4 Å². The molecule has 8 atom stereocenters. The Morgan fingerprint density at radius 2 is 1.68 bits per heavy atom. The third-order valence-electron chi connectivity index (χ3n) is 11.3. The van der Waals surface area contributed by atoms with Gasteiger partial charge in [-0.25, -0.2) is 4.79 Å². The molecule has 0 bridgehead atoms. The Morgan fingerprint density at radius 1 is 1.05 bits per heavy atom. The van der Waals surface area contributed by atoms with Crippen LogP contribution in [0.15, 0.2) is 22.8 Å². The van der Waals surface area contributed by atoms with Crippen molar-refractivity contribution in [2.45, 2.75) is 99.2 Å². The van der Waals surface area contributed by atoms with E-state index in [9.17, 15) is 29.4 Å². The number of carboxylic acids is 1. The van der Waals surface area contributed by atoms with Crippen LogP contribution in [0.2, 0.25) is 0 Å². The number of aliphatic hydroxyl groups is 2. The molecule has 0 aliphatic heterocycles. The fraction of sp³-hybridized carbons (Fsp3) is 0.733. The molecule has 0 saturated heterocycles. The lowest BCUT2D eigenvalue weighted by Gasteiger charge is -2.60. The minimum Gasteiger partial charge on any atom is -0.478 e. The SMILES string of the molecule is C/C(=C\C(O)C[C@@H](C)C1CC(=O)[C@@]2(C)C3=C(C(=O)CC12C)C1(C)CC[C@H](O)C(C)(C)C1CC3=O)C(=O)O. The van der Waals surface area contributed by atoms with E-state index in [-0.39, 0.29) is 66.4 Å². The van der Waals surface area contributed by atoms with Crippen molar-refractivity contribution in [2.75, 3.05) is 0 Å². The third-order valence-corrected chi connectivity index (χ3v) is 11.3. The highest BCUT2D eigenvalue weighted by Gasteiger charge is 2.70. The minimum atomic E-state index is -1.10. The van der Waals surface area contributed by atoms with Crippen LogP contribution in [0.4, 0.5) is 0 Å². The molecular weight excluding hydrogens is 472 g/mol. The molecule has 0 spiro atoms. The maximum Gasteiger partial charge on any atom is 0.331 e. The summed E-state index contributed by atoms with van der Waals surface area (Å²) in [7, 11) is 0. The zero-order valence-electron chi connectivity index (χ0n) is 23.2. The van der Waals surface area contributed by atoms with E-state index in [0.717, 1.165) is 0 Å². The number of carboxylic acid groups (broad SMARTS) is 1. The number of ketones is 3. The standard InChI is InChI=1S/C30H42O7/c1-15(10-17(31)11-16(2)26(36)37)18-12-23(35)30(7)25-19(32)13-21-27(3,4)22(34)8-9-28(21,5)24(25)20(33)14-29(18,30)6/h11,15,17-18,21-22,31,34H,8-10,12-14H2,1-7H3,(H,36,37)/b16-11+/t15-,17?,18?,21?,22+,28?,29?,30+/m1/s1. The van der Waals surface area contributed by atoms with Crippen LogP contribution in [-0.4, -0.2) is 50.8 Å². The normalized spacial score (nSPS) is 41.2. The lowest BCUT2D eigenvalue weighted by Crippen LogP contribution is -2.59. The van der Waals surface area contributed by atoms with Gasteiger partial charge in [0.05, 0.1) is 17.6 Å². The number of hydrogen-bond acceptors (Lipinski definition) is 6. The van der Waals surface area contributed by atoms with Gasteiger partial charge < -0.3 is 15.3 Å². The average Bonchev–Trinajstić information content (AvgIpc) is 2.99. The van der Waals surface area contributed by atoms with Gasteiger partial charge in [0.2, 0.25) is 0 Å². The summed E-state index contributed by atoms with van der Waals surface area (Å²) in [6, 6.07) is 0. The minimum absolute atomic E-state index is 0.0379. The van der Waals surface area contributed by atoms with Crippen LogP contribution >= 0.6 is 0 Å². The molecule has 7 nitrogen and oxygen atoms in total. The number of fused-ring (bicyclic) bond motifs is 4. The van der Waals surface area contributed by atoms with Gasteiger partial charge >= 0.3 is 5.97 Å². The van der Waals surface area contributed by atoms with Crippen LogP contribution in [0.5, 0.6) is 0 Å². The van der Waals surface area contributed by atoms with E-state index >= 15 is 0 Å². The van der Waals surface area contributed by atoms with Gasteiger partial charge in [-0.05, 0) is 67.8 Å². The number of aliphatic carboxylic acids is 1. The molecule has 7 heteroatoms. The molecule has 0 aromatic heterocycles. The van der Waals surface area contributed by atoms with E-state index in [1.165, 1.54) is 13.0 Å². The first-order valence-corrected chi connectivity index (χ1v) is 13.6. The fourth-order valence-corrected chi connectivity index (χ4v) is 8.80. The first-order chi connectivity index (χ1) is 16.9. The highest BCUT2D eigenvalue weighted by Crippen LogP contribution is 2.70. The van der Waals surface area contributed by atoms with Crippen LogP contribution in [0.25, 0.3) is 0 Å². The number of carbonyl (C=O) groups is 4. The van der Waals surface area contributed by atoms with Crippen molar-refractivity contribution in [3.05, 3.63) is 22.8 Å². The van der Waals surface area contributed by atoms with Crippen LogP contribution in [0.1, 0.15) is 87.0 Å². The molecule has 0 aromatic rings. The highest BCUT2D eigenvalue weighted by molar-refractivity contribution is 6.16. The number of hydrogen-bond donors (Lipinski definition) is 3. The van der Waals surface area contributed by atoms with E-state index < -0.39 is 39.8 Å². The predicted octanol–water partition coefficient (Wildman–Crippen LogP) is 4.05. The molecule has 3 N–H and O–H groups in total. The molecule has 0 radical (unpaired) electrons. The average molecular weight is 515 g/mol. The Balaban J connectivity index is 1.78. The fourth-order valence-electron chi connectivity index (χ4n) is 8.80.